The van der Waals surface area contributed by atoms with Gasteiger partial charge in [-0.15, -0.1) is 11.3 Å². The van der Waals surface area contributed by atoms with Crippen molar-refractivity contribution in [2.75, 3.05) is 17.6 Å². The third-order valence-corrected chi connectivity index (χ3v) is 3.34. The van der Waals surface area contributed by atoms with Gasteiger partial charge >= 0.3 is 6.18 Å². The van der Waals surface area contributed by atoms with Gasteiger partial charge in [-0.05, 0) is 6.07 Å². The van der Waals surface area contributed by atoms with Gasteiger partial charge in [0, 0.05) is 12.5 Å². The van der Waals surface area contributed by atoms with Gasteiger partial charge in [-0.25, -0.2) is 0 Å². The van der Waals surface area contributed by atoms with Gasteiger partial charge < -0.3 is 11.1 Å². The highest BCUT2D eigenvalue weighted by Crippen LogP contribution is 2.31. The average molecular weight is 280 g/mol. The Morgan fingerprint density at radius 1 is 1.50 bits per heavy atom. The van der Waals surface area contributed by atoms with Crippen molar-refractivity contribution in [3.05, 3.63) is 10.9 Å². The van der Waals surface area contributed by atoms with Gasteiger partial charge in [-0.3, -0.25) is 4.79 Å². The second-order valence-electron chi connectivity index (χ2n) is 4.21. The highest BCUT2D eigenvalue weighted by atomic mass is 32.1. The second kappa shape index (κ2) is 5.60. The van der Waals surface area contributed by atoms with Crippen LogP contribution >= 0.6 is 11.3 Å². The molecule has 0 saturated heterocycles. The molecule has 1 aromatic rings. The second-order valence-corrected chi connectivity index (χ2v) is 5.26. The molecule has 0 atom stereocenters. The number of nitrogens with two attached hydrogens (primary N) is 1. The SMILES string of the molecule is CC(C)C(=O)c1sc(NCCC(F)(F)F)cc1N. The van der Waals surface area contributed by atoms with E-state index in [0.29, 0.717) is 15.6 Å². The summed E-state index contributed by atoms with van der Waals surface area (Å²) in [6.07, 6.45) is -5.11. The van der Waals surface area contributed by atoms with E-state index in [0.717, 1.165) is 11.3 Å². The van der Waals surface area contributed by atoms with Crippen molar-refractivity contribution in [1.29, 1.82) is 0 Å². The van der Waals surface area contributed by atoms with Gasteiger partial charge in [0.2, 0.25) is 0 Å². The number of Topliss-reactive ketones (excluding diaryl/α,β-unsaturated/α-hetero) is 1. The van der Waals surface area contributed by atoms with Crippen molar-refractivity contribution in [3.8, 4) is 0 Å². The Hall–Kier alpha value is -1.24. The van der Waals surface area contributed by atoms with Crippen molar-refractivity contribution >= 4 is 27.8 Å². The third kappa shape index (κ3) is 4.21. The number of ketones is 1. The summed E-state index contributed by atoms with van der Waals surface area (Å²) in [5.74, 6) is -0.282. The molecule has 7 heteroatoms. The molecule has 0 fully saturated rings. The zero-order chi connectivity index (χ0) is 13.9. The van der Waals surface area contributed by atoms with E-state index in [4.69, 9.17) is 5.73 Å². The molecule has 102 valence electrons. The molecule has 0 aromatic carbocycles. The molecule has 3 N–H and O–H groups in total. The Labute approximate surface area is 107 Å². The molecule has 18 heavy (non-hydrogen) atoms. The van der Waals surface area contributed by atoms with Crippen LogP contribution in [0.4, 0.5) is 23.9 Å². The van der Waals surface area contributed by atoms with Crippen LogP contribution in [0.2, 0.25) is 0 Å². The van der Waals surface area contributed by atoms with E-state index in [1.807, 2.05) is 0 Å². The summed E-state index contributed by atoms with van der Waals surface area (Å²) in [4.78, 5) is 12.1. The molecule has 0 bridgehead atoms. The fourth-order valence-electron chi connectivity index (χ4n) is 1.27. The van der Waals surface area contributed by atoms with E-state index >= 15 is 0 Å². The molecular weight excluding hydrogens is 265 g/mol. The number of hydrogen-bond acceptors (Lipinski definition) is 4. The van der Waals surface area contributed by atoms with Gasteiger partial charge in [-0.1, -0.05) is 13.8 Å². The molecule has 3 nitrogen and oxygen atoms in total. The summed E-state index contributed by atoms with van der Waals surface area (Å²) in [5.41, 5.74) is 5.98. The number of nitrogens with one attached hydrogen (secondary N) is 1. The molecular formula is C11H15F3N2OS. The zero-order valence-electron chi connectivity index (χ0n) is 10.1. The third-order valence-electron chi connectivity index (χ3n) is 2.22. The number of anilines is 2. The Kier molecular flexibility index (Phi) is 4.61. The predicted molar refractivity (Wildman–Crippen MR) is 67.1 cm³/mol. The topological polar surface area (TPSA) is 55.1 Å². The number of carbonyl (C=O) groups is 1. The van der Waals surface area contributed by atoms with Crippen LogP contribution < -0.4 is 11.1 Å². The van der Waals surface area contributed by atoms with Crippen LogP contribution in [0.5, 0.6) is 0 Å². The summed E-state index contributed by atoms with van der Waals surface area (Å²) in [6.45, 7) is 3.27. The minimum absolute atomic E-state index is 0.0960. The van der Waals surface area contributed by atoms with Gasteiger partial charge in [0.05, 0.1) is 22.0 Å². The van der Waals surface area contributed by atoms with Gasteiger partial charge in [-0.2, -0.15) is 13.2 Å². The number of alkyl halides is 3. The summed E-state index contributed by atoms with van der Waals surface area (Å²) < 4.78 is 35.9. The highest BCUT2D eigenvalue weighted by molar-refractivity contribution is 7.18. The molecule has 1 aromatic heterocycles. The maximum absolute atomic E-state index is 12.0. The summed E-state index contributed by atoms with van der Waals surface area (Å²) in [7, 11) is 0. The fourth-order valence-corrected chi connectivity index (χ4v) is 2.37. The van der Waals surface area contributed by atoms with Gasteiger partial charge in [0.15, 0.2) is 5.78 Å². The maximum atomic E-state index is 12.0. The number of nitrogen functional groups attached to an aromatic ring is 1. The van der Waals surface area contributed by atoms with Crippen molar-refractivity contribution in [1.82, 2.24) is 0 Å². The molecule has 0 aliphatic carbocycles. The van der Waals surface area contributed by atoms with Crippen LogP contribution in [0.3, 0.4) is 0 Å². The fraction of sp³-hybridized carbons (Fsp3) is 0.545. The smallest absolute Gasteiger partial charge is 0.390 e. The normalized spacial score (nSPS) is 11.9. The van der Waals surface area contributed by atoms with Crippen molar-refractivity contribution < 1.29 is 18.0 Å². The van der Waals surface area contributed by atoms with Crippen LogP contribution in [0, 0.1) is 5.92 Å². The van der Waals surface area contributed by atoms with E-state index < -0.39 is 12.6 Å². The summed E-state index contributed by atoms with van der Waals surface area (Å²) >= 11 is 1.09. The Morgan fingerprint density at radius 3 is 2.61 bits per heavy atom. The Morgan fingerprint density at radius 2 is 2.11 bits per heavy atom. The molecule has 1 heterocycles. The maximum Gasteiger partial charge on any atom is 0.390 e. The predicted octanol–water partition coefficient (Wildman–Crippen LogP) is 3.53. The standard InChI is InChI=1S/C11H15F3N2OS/c1-6(2)9(17)10-7(15)5-8(18-10)16-4-3-11(12,13)14/h5-6,16H,3-4,15H2,1-2H3. The first-order valence-corrected chi connectivity index (χ1v) is 6.26. The van der Waals surface area contributed by atoms with E-state index in [1.54, 1.807) is 13.8 Å². The molecule has 0 aliphatic heterocycles. The lowest BCUT2D eigenvalue weighted by Crippen LogP contribution is -2.14. The minimum atomic E-state index is -4.19. The van der Waals surface area contributed by atoms with Crippen LogP contribution in [0.1, 0.15) is 29.9 Å². The number of hydrogen-bond donors (Lipinski definition) is 2. The largest absolute Gasteiger partial charge is 0.397 e. The van der Waals surface area contributed by atoms with E-state index in [1.165, 1.54) is 6.07 Å². The average Bonchev–Trinajstić information content (AvgIpc) is 2.56. The molecule has 0 amide bonds. The lowest BCUT2D eigenvalue weighted by Gasteiger charge is -2.06. The quantitative estimate of drug-likeness (QED) is 0.811. The monoisotopic (exact) mass is 280 g/mol. The van der Waals surface area contributed by atoms with E-state index in [9.17, 15) is 18.0 Å². The van der Waals surface area contributed by atoms with Crippen LogP contribution in [-0.2, 0) is 0 Å². The van der Waals surface area contributed by atoms with Crippen LogP contribution in [0.15, 0.2) is 6.07 Å². The molecule has 0 saturated carbocycles. The number of thiophene rings is 1. The molecule has 0 unspecified atom stereocenters. The van der Waals surface area contributed by atoms with Crippen LogP contribution in [-0.4, -0.2) is 18.5 Å². The molecule has 1 rings (SSSR count). The van der Waals surface area contributed by atoms with Gasteiger partial charge in [0.25, 0.3) is 0 Å². The number of rotatable bonds is 5. The number of halogens is 3. The number of carbonyl (C=O) groups excluding carboxylic acids is 1. The first-order chi connectivity index (χ1) is 8.20. The van der Waals surface area contributed by atoms with E-state index in [-0.39, 0.29) is 18.2 Å². The lowest BCUT2D eigenvalue weighted by molar-refractivity contribution is -0.131. The molecule has 0 spiro atoms. The molecule has 0 radical (unpaired) electrons. The molecule has 0 aliphatic rings. The first-order valence-electron chi connectivity index (χ1n) is 5.45. The zero-order valence-corrected chi connectivity index (χ0v) is 10.9. The van der Waals surface area contributed by atoms with Crippen LogP contribution in [0.25, 0.3) is 0 Å². The van der Waals surface area contributed by atoms with E-state index in [2.05, 4.69) is 5.32 Å². The minimum Gasteiger partial charge on any atom is -0.397 e. The summed E-state index contributed by atoms with van der Waals surface area (Å²) in [5, 5.41) is 3.11. The first kappa shape index (κ1) is 14.8. The Balaban J connectivity index is 2.65. The van der Waals surface area contributed by atoms with Crippen molar-refractivity contribution in [3.63, 3.8) is 0 Å². The van der Waals surface area contributed by atoms with Crippen molar-refractivity contribution in [2.24, 2.45) is 5.92 Å². The van der Waals surface area contributed by atoms with Crippen molar-refractivity contribution in [2.45, 2.75) is 26.4 Å². The Bertz CT molecular complexity index is 426. The highest BCUT2D eigenvalue weighted by Gasteiger charge is 2.26. The van der Waals surface area contributed by atoms with Gasteiger partial charge in [0.1, 0.15) is 0 Å². The summed E-state index contributed by atoms with van der Waals surface area (Å²) in [6, 6.07) is 1.50. The lowest BCUT2D eigenvalue weighted by atomic mass is 10.1.